The summed E-state index contributed by atoms with van der Waals surface area (Å²) in [6, 6.07) is 8.40. The minimum absolute atomic E-state index is 0.136. The van der Waals surface area contributed by atoms with Crippen molar-refractivity contribution in [2.75, 3.05) is 26.7 Å². The molecule has 0 saturated carbocycles. The summed E-state index contributed by atoms with van der Waals surface area (Å²) in [5, 5.41) is 5.97. The van der Waals surface area contributed by atoms with Crippen LogP contribution in [0.25, 0.3) is 10.9 Å². The first-order valence-electron chi connectivity index (χ1n) is 6.57. The number of benzene rings is 1. The van der Waals surface area contributed by atoms with E-state index in [1.54, 1.807) is 0 Å². The summed E-state index contributed by atoms with van der Waals surface area (Å²) >= 11 is 0. The molecule has 1 atom stereocenters. The zero-order valence-corrected chi connectivity index (χ0v) is 10.6. The summed E-state index contributed by atoms with van der Waals surface area (Å²) in [6.45, 7) is 3.71. The van der Waals surface area contributed by atoms with Gasteiger partial charge in [-0.15, -0.1) is 0 Å². The maximum absolute atomic E-state index is 6.19. The van der Waals surface area contributed by atoms with Crippen molar-refractivity contribution in [3.63, 3.8) is 0 Å². The van der Waals surface area contributed by atoms with Crippen LogP contribution >= 0.6 is 0 Å². The standard InChI is InChI=1S/C14H17N3O/c1-16-7-6-14(10-16)13-11-4-2-3-5-12(11)15-17(13)8-9-18-14/h2-5H,6-10H2,1H3. The lowest BCUT2D eigenvalue weighted by Crippen LogP contribution is -2.40. The predicted octanol–water partition coefficient (Wildman–Crippen LogP) is 1.60. The van der Waals surface area contributed by atoms with Gasteiger partial charge in [-0.3, -0.25) is 4.68 Å². The number of nitrogens with zero attached hydrogens (tertiary/aromatic N) is 3. The van der Waals surface area contributed by atoms with E-state index in [1.165, 1.54) is 11.1 Å². The molecule has 4 nitrogen and oxygen atoms in total. The zero-order valence-electron chi connectivity index (χ0n) is 10.6. The number of hydrogen-bond acceptors (Lipinski definition) is 3. The van der Waals surface area contributed by atoms with Gasteiger partial charge in [-0.2, -0.15) is 5.10 Å². The molecule has 4 rings (SSSR count). The predicted molar refractivity (Wildman–Crippen MR) is 69.5 cm³/mol. The number of likely N-dealkylation sites (tertiary alicyclic amines) is 1. The lowest BCUT2D eigenvalue weighted by Gasteiger charge is -2.34. The molecule has 2 aliphatic rings. The zero-order chi connectivity index (χ0) is 12.2. The van der Waals surface area contributed by atoms with E-state index < -0.39 is 0 Å². The average Bonchev–Trinajstić information content (AvgIpc) is 2.92. The van der Waals surface area contributed by atoms with Gasteiger partial charge in [-0.1, -0.05) is 18.2 Å². The van der Waals surface area contributed by atoms with Crippen molar-refractivity contribution in [3.8, 4) is 0 Å². The van der Waals surface area contributed by atoms with Gasteiger partial charge in [0.1, 0.15) is 5.60 Å². The van der Waals surface area contributed by atoms with Crippen LogP contribution in [0.2, 0.25) is 0 Å². The van der Waals surface area contributed by atoms with Gasteiger partial charge in [0.25, 0.3) is 0 Å². The van der Waals surface area contributed by atoms with Gasteiger partial charge in [0.2, 0.25) is 0 Å². The second-order valence-electron chi connectivity index (χ2n) is 5.42. The van der Waals surface area contributed by atoms with Crippen molar-refractivity contribution < 1.29 is 4.74 Å². The molecule has 4 heteroatoms. The van der Waals surface area contributed by atoms with E-state index in [-0.39, 0.29) is 5.60 Å². The molecule has 0 radical (unpaired) electrons. The fourth-order valence-electron chi connectivity index (χ4n) is 3.40. The van der Waals surface area contributed by atoms with Crippen LogP contribution in [-0.2, 0) is 16.9 Å². The highest BCUT2D eigenvalue weighted by molar-refractivity contribution is 5.82. The van der Waals surface area contributed by atoms with Crippen molar-refractivity contribution in [1.82, 2.24) is 14.7 Å². The number of aromatic nitrogens is 2. The highest BCUT2D eigenvalue weighted by Gasteiger charge is 2.45. The van der Waals surface area contributed by atoms with Crippen molar-refractivity contribution in [3.05, 3.63) is 30.0 Å². The molecule has 0 N–H and O–H groups in total. The Morgan fingerprint density at radius 2 is 2.17 bits per heavy atom. The van der Waals surface area contributed by atoms with Crippen molar-refractivity contribution in [2.45, 2.75) is 18.6 Å². The van der Waals surface area contributed by atoms with Gasteiger partial charge in [-0.25, -0.2) is 0 Å². The van der Waals surface area contributed by atoms with Crippen LogP contribution in [0.3, 0.4) is 0 Å². The number of rotatable bonds is 0. The lowest BCUT2D eigenvalue weighted by molar-refractivity contribution is -0.0697. The van der Waals surface area contributed by atoms with Crippen LogP contribution in [0.4, 0.5) is 0 Å². The van der Waals surface area contributed by atoms with Crippen LogP contribution in [-0.4, -0.2) is 41.4 Å². The van der Waals surface area contributed by atoms with Gasteiger partial charge < -0.3 is 9.64 Å². The second kappa shape index (κ2) is 3.56. The van der Waals surface area contributed by atoms with Crippen LogP contribution in [0, 0.1) is 0 Å². The first kappa shape index (κ1) is 10.5. The van der Waals surface area contributed by atoms with E-state index in [4.69, 9.17) is 9.84 Å². The summed E-state index contributed by atoms with van der Waals surface area (Å²) in [5.41, 5.74) is 2.24. The van der Waals surface area contributed by atoms with Crippen LogP contribution in [0.15, 0.2) is 24.3 Å². The van der Waals surface area contributed by atoms with Gasteiger partial charge in [0, 0.05) is 18.5 Å². The number of hydrogen-bond donors (Lipinski definition) is 0. The average molecular weight is 243 g/mol. The van der Waals surface area contributed by atoms with E-state index in [0.29, 0.717) is 0 Å². The Bertz CT molecular complexity index is 606. The molecule has 3 heterocycles. The molecular weight excluding hydrogens is 226 g/mol. The fraction of sp³-hybridized carbons (Fsp3) is 0.500. The second-order valence-corrected chi connectivity index (χ2v) is 5.42. The SMILES string of the molecule is CN1CCC2(C1)OCCn1nc3ccccc3c12. The molecule has 1 aromatic heterocycles. The van der Waals surface area contributed by atoms with Crippen molar-refractivity contribution in [2.24, 2.45) is 0 Å². The smallest absolute Gasteiger partial charge is 0.124 e. The summed E-state index contributed by atoms with van der Waals surface area (Å²) in [4.78, 5) is 2.34. The minimum atomic E-state index is -0.136. The molecule has 1 aromatic carbocycles. The molecule has 18 heavy (non-hydrogen) atoms. The quantitative estimate of drug-likeness (QED) is 0.704. The Hall–Kier alpha value is -1.39. The van der Waals surface area contributed by atoms with E-state index in [9.17, 15) is 0 Å². The number of fused-ring (bicyclic) bond motifs is 4. The molecule has 94 valence electrons. The largest absolute Gasteiger partial charge is 0.365 e. The van der Waals surface area contributed by atoms with Crippen LogP contribution in [0.5, 0.6) is 0 Å². The molecule has 1 unspecified atom stereocenters. The Kier molecular flexibility index (Phi) is 2.08. The van der Waals surface area contributed by atoms with E-state index in [1.807, 2.05) is 0 Å². The molecule has 1 fully saturated rings. The summed E-state index contributed by atoms with van der Waals surface area (Å²) < 4.78 is 8.35. The molecule has 0 amide bonds. The first-order chi connectivity index (χ1) is 8.78. The van der Waals surface area contributed by atoms with Crippen molar-refractivity contribution in [1.29, 1.82) is 0 Å². The maximum atomic E-state index is 6.19. The molecular formula is C14H17N3O. The molecule has 1 spiro atoms. The van der Waals surface area contributed by atoms with Gasteiger partial charge in [-0.05, 0) is 19.5 Å². The Morgan fingerprint density at radius 1 is 1.28 bits per heavy atom. The molecule has 2 aromatic rings. The Labute approximate surface area is 106 Å². The van der Waals surface area contributed by atoms with Crippen molar-refractivity contribution >= 4 is 10.9 Å². The lowest BCUT2D eigenvalue weighted by atomic mass is 9.94. The molecule has 0 aliphatic carbocycles. The van der Waals surface area contributed by atoms with E-state index in [2.05, 4.69) is 40.9 Å². The highest BCUT2D eigenvalue weighted by atomic mass is 16.5. The number of likely N-dealkylation sites (N-methyl/N-ethyl adjacent to an activating group) is 1. The Morgan fingerprint density at radius 3 is 3.00 bits per heavy atom. The van der Waals surface area contributed by atoms with Gasteiger partial charge in [0.15, 0.2) is 0 Å². The molecule has 0 bridgehead atoms. The van der Waals surface area contributed by atoms with Gasteiger partial charge >= 0.3 is 0 Å². The first-order valence-corrected chi connectivity index (χ1v) is 6.57. The van der Waals surface area contributed by atoms with E-state index in [0.717, 1.165) is 38.2 Å². The highest BCUT2D eigenvalue weighted by Crippen LogP contribution is 2.41. The molecule has 1 saturated heterocycles. The topological polar surface area (TPSA) is 30.3 Å². The minimum Gasteiger partial charge on any atom is -0.365 e. The monoisotopic (exact) mass is 243 g/mol. The third-order valence-corrected chi connectivity index (χ3v) is 4.18. The normalized spacial score (nSPS) is 28.1. The third-order valence-electron chi connectivity index (χ3n) is 4.18. The fourth-order valence-corrected chi connectivity index (χ4v) is 3.40. The van der Waals surface area contributed by atoms with Crippen LogP contribution in [0.1, 0.15) is 12.1 Å². The third kappa shape index (κ3) is 1.30. The number of ether oxygens (including phenoxy) is 1. The van der Waals surface area contributed by atoms with Gasteiger partial charge in [0.05, 0.1) is 24.4 Å². The summed E-state index contributed by atoms with van der Waals surface area (Å²) in [5.74, 6) is 0. The molecule has 2 aliphatic heterocycles. The van der Waals surface area contributed by atoms with E-state index >= 15 is 0 Å². The van der Waals surface area contributed by atoms with Crippen LogP contribution < -0.4 is 0 Å². The summed E-state index contributed by atoms with van der Waals surface area (Å²) in [7, 11) is 2.16. The Balaban J connectivity index is 1.97. The maximum Gasteiger partial charge on any atom is 0.124 e. The summed E-state index contributed by atoms with van der Waals surface area (Å²) in [6.07, 6.45) is 1.07.